The second-order valence-electron chi connectivity index (χ2n) is 4.52. The zero-order valence-corrected chi connectivity index (χ0v) is 10.0. The van der Waals surface area contributed by atoms with E-state index in [9.17, 15) is 5.11 Å². The van der Waals surface area contributed by atoms with E-state index < -0.39 is 0 Å². The fraction of sp³-hybridized carbons (Fsp3) is 0.615. The van der Waals surface area contributed by atoms with Gasteiger partial charge in [0.2, 0.25) is 0 Å². The third kappa shape index (κ3) is 2.76. The molecule has 94 valence electrons. The summed E-state index contributed by atoms with van der Waals surface area (Å²) in [7, 11) is 0. The first-order valence-electron chi connectivity index (χ1n) is 6.28. The van der Waals surface area contributed by atoms with Crippen molar-refractivity contribution in [2.75, 3.05) is 18.1 Å². The molecule has 1 aliphatic rings. The number of hydrogen-bond acceptors (Lipinski definition) is 4. The Morgan fingerprint density at radius 2 is 2.18 bits per heavy atom. The van der Waals surface area contributed by atoms with Crippen LogP contribution >= 0.6 is 0 Å². The van der Waals surface area contributed by atoms with Gasteiger partial charge in [-0.15, -0.1) is 0 Å². The minimum absolute atomic E-state index is 0.0194. The highest BCUT2D eigenvalue weighted by Gasteiger charge is 2.26. The molecule has 0 radical (unpaired) electrons. The maximum absolute atomic E-state index is 9.35. The van der Waals surface area contributed by atoms with E-state index in [-0.39, 0.29) is 13.2 Å². The van der Waals surface area contributed by atoms with E-state index in [4.69, 9.17) is 5.11 Å². The molecule has 4 heteroatoms. The molecule has 1 fully saturated rings. The predicted molar refractivity (Wildman–Crippen MR) is 66.8 cm³/mol. The van der Waals surface area contributed by atoms with Crippen LogP contribution in [0.25, 0.3) is 0 Å². The molecular weight excluding hydrogens is 216 g/mol. The van der Waals surface area contributed by atoms with E-state index in [1.165, 1.54) is 19.3 Å². The number of aliphatic hydroxyl groups is 2. The van der Waals surface area contributed by atoms with Gasteiger partial charge in [0.15, 0.2) is 0 Å². The van der Waals surface area contributed by atoms with Crippen LogP contribution in [0.3, 0.4) is 0 Å². The third-order valence-corrected chi connectivity index (χ3v) is 3.43. The van der Waals surface area contributed by atoms with Crippen LogP contribution < -0.4 is 4.90 Å². The maximum atomic E-state index is 9.35. The SMILES string of the molecule is OCCCN(c1ccncc1CO)C1CCC1. The Morgan fingerprint density at radius 3 is 2.76 bits per heavy atom. The van der Waals surface area contributed by atoms with Gasteiger partial charge in [0, 0.05) is 42.8 Å². The fourth-order valence-corrected chi connectivity index (χ4v) is 2.26. The van der Waals surface area contributed by atoms with E-state index >= 15 is 0 Å². The van der Waals surface area contributed by atoms with Crippen molar-refractivity contribution in [2.24, 2.45) is 0 Å². The van der Waals surface area contributed by atoms with Gasteiger partial charge >= 0.3 is 0 Å². The molecule has 0 aromatic carbocycles. The Labute approximate surface area is 102 Å². The van der Waals surface area contributed by atoms with E-state index in [2.05, 4.69) is 9.88 Å². The predicted octanol–water partition coefficient (Wildman–Crippen LogP) is 1.32. The van der Waals surface area contributed by atoms with Crippen molar-refractivity contribution in [1.29, 1.82) is 0 Å². The van der Waals surface area contributed by atoms with Gasteiger partial charge in [-0.3, -0.25) is 4.98 Å². The van der Waals surface area contributed by atoms with Crippen LogP contribution in [0.15, 0.2) is 18.5 Å². The number of rotatable bonds is 6. The Morgan fingerprint density at radius 1 is 1.35 bits per heavy atom. The van der Waals surface area contributed by atoms with Crippen molar-refractivity contribution in [3.8, 4) is 0 Å². The summed E-state index contributed by atoms with van der Waals surface area (Å²) in [6.45, 7) is 1.08. The first-order valence-corrected chi connectivity index (χ1v) is 6.28. The molecule has 0 aliphatic heterocycles. The summed E-state index contributed by atoms with van der Waals surface area (Å²) in [5.41, 5.74) is 1.94. The van der Waals surface area contributed by atoms with E-state index in [1.54, 1.807) is 12.4 Å². The number of hydrogen-bond donors (Lipinski definition) is 2. The summed E-state index contributed by atoms with van der Waals surface area (Å²) >= 11 is 0. The van der Waals surface area contributed by atoms with Gasteiger partial charge in [0.05, 0.1) is 6.61 Å². The summed E-state index contributed by atoms with van der Waals surface area (Å²) in [4.78, 5) is 6.36. The summed E-state index contributed by atoms with van der Waals surface area (Å²) in [5, 5.41) is 18.3. The van der Waals surface area contributed by atoms with Gasteiger partial charge in [-0.25, -0.2) is 0 Å². The molecule has 2 N–H and O–H groups in total. The topological polar surface area (TPSA) is 56.6 Å². The second kappa shape index (κ2) is 5.98. The van der Waals surface area contributed by atoms with Crippen LogP contribution in [-0.2, 0) is 6.61 Å². The summed E-state index contributed by atoms with van der Waals surface area (Å²) < 4.78 is 0. The van der Waals surface area contributed by atoms with E-state index in [0.29, 0.717) is 6.04 Å². The standard InChI is InChI=1S/C13H20N2O2/c16-8-2-7-15(12-3-1-4-12)13-5-6-14-9-11(13)10-17/h5-6,9,12,16-17H,1-4,7-8,10H2. The average molecular weight is 236 g/mol. The molecule has 1 heterocycles. The quantitative estimate of drug-likeness (QED) is 0.782. The van der Waals surface area contributed by atoms with Crippen LogP contribution in [0.4, 0.5) is 5.69 Å². The van der Waals surface area contributed by atoms with Gasteiger partial charge in [-0.2, -0.15) is 0 Å². The largest absolute Gasteiger partial charge is 0.396 e. The Balaban J connectivity index is 2.17. The lowest BCUT2D eigenvalue weighted by molar-refractivity contribution is 0.276. The van der Waals surface area contributed by atoms with Gasteiger partial charge in [0.25, 0.3) is 0 Å². The smallest absolute Gasteiger partial charge is 0.0717 e. The van der Waals surface area contributed by atoms with Gasteiger partial charge in [-0.1, -0.05) is 0 Å². The molecule has 1 aliphatic carbocycles. The highest BCUT2D eigenvalue weighted by Crippen LogP contribution is 2.31. The van der Waals surface area contributed by atoms with Crippen molar-refractivity contribution >= 4 is 5.69 Å². The minimum atomic E-state index is 0.0194. The molecule has 1 aromatic rings. The Hall–Kier alpha value is -1.13. The molecule has 0 bridgehead atoms. The fourth-order valence-electron chi connectivity index (χ4n) is 2.26. The highest BCUT2D eigenvalue weighted by molar-refractivity contribution is 5.53. The number of aliphatic hydroxyl groups excluding tert-OH is 2. The normalized spacial score (nSPS) is 15.6. The molecule has 0 amide bonds. The molecule has 0 spiro atoms. The molecule has 17 heavy (non-hydrogen) atoms. The second-order valence-corrected chi connectivity index (χ2v) is 4.52. The van der Waals surface area contributed by atoms with Crippen molar-refractivity contribution in [3.05, 3.63) is 24.0 Å². The van der Waals surface area contributed by atoms with Gasteiger partial charge in [-0.05, 0) is 31.7 Å². The van der Waals surface area contributed by atoms with Crippen LogP contribution in [0.5, 0.6) is 0 Å². The van der Waals surface area contributed by atoms with E-state index in [0.717, 1.165) is 24.2 Å². The van der Waals surface area contributed by atoms with Crippen molar-refractivity contribution in [2.45, 2.75) is 38.3 Å². The lowest BCUT2D eigenvalue weighted by Gasteiger charge is -2.40. The first kappa shape index (κ1) is 12.3. The van der Waals surface area contributed by atoms with Crippen LogP contribution in [-0.4, -0.2) is 34.4 Å². The maximum Gasteiger partial charge on any atom is 0.0717 e. The van der Waals surface area contributed by atoms with Gasteiger partial charge in [0.1, 0.15) is 0 Å². The first-order chi connectivity index (χ1) is 8.36. The highest BCUT2D eigenvalue weighted by atomic mass is 16.3. The molecule has 0 atom stereocenters. The lowest BCUT2D eigenvalue weighted by Crippen LogP contribution is -2.41. The molecular formula is C13H20N2O2. The molecule has 2 rings (SSSR count). The number of nitrogens with zero attached hydrogens (tertiary/aromatic N) is 2. The Bertz CT molecular complexity index is 353. The van der Waals surface area contributed by atoms with Crippen molar-refractivity contribution in [3.63, 3.8) is 0 Å². The number of pyridine rings is 1. The molecule has 1 aromatic heterocycles. The summed E-state index contributed by atoms with van der Waals surface area (Å²) in [5.74, 6) is 0. The van der Waals surface area contributed by atoms with Crippen molar-refractivity contribution in [1.82, 2.24) is 4.98 Å². The molecule has 0 unspecified atom stereocenters. The van der Waals surface area contributed by atoms with E-state index in [1.807, 2.05) is 6.07 Å². The third-order valence-electron chi connectivity index (χ3n) is 3.43. The summed E-state index contributed by atoms with van der Waals surface area (Å²) in [6.07, 6.45) is 7.94. The summed E-state index contributed by atoms with van der Waals surface area (Å²) in [6, 6.07) is 2.52. The lowest BCUT2D eigenvalue weighted by atomic mass is 9.90. The van der Waals surface area contributed by atoms with Crippen LogP contribution in [0, 0.1) is 0 Å². The zero-order valence-electron chi connectivity index (χ0n) is 10.0. The minimum Gasteiger partial charge on any atom is -0.396 e. The molecule has 4 nitrogen and oxygen atoms in total. The number of anilines is 1. The van der Waals surface area contributed by atoms with Gasteiger partial charge < -0.3 is 15.1 Å². The van der Waals surface area contributed by atoms with Crippen LogP contribution in [0.2, 0.25) is 0 Å². The number of aromatic nitrogens is 1. The molecule has 1 saturated carbocycles. The Kier molecular flexibility index (Phi) is 4.34. The zero-order chi connectivity index (χ0) is 12.1. The monoisotopic (exact) mass is 236 g/mol. The van der Waals surface area contributed by atoms with Crippen molar-refractivity contribution < 1.29 is 10.2 Å². The molecule has 0 saturated heterocycles. The average Bonchev–Trinajstić information content (AvgIpc) is 2.32. The van der Waals surface area contributed by atoms with Crippen LogP contribution in [0.1, 0.15) is 31.2 Å².